The largest absolute Gasteiger partial charge is 0.490 e. The number of rotatable bonds is 4. The summed E-state index contributed by atoms with van der Waals surface area (Å²) in [5.74, 6) is 1.74. The Labute approximate surface area is 105 Å². The maximum Gasteiger partial charge on any atom is 0.164 e. The molecule has 0 heterocycles. The van der Waals surface area contributed by atoms with Gasteiger partial charge in [0.05, 0.1) is 13.2 Å². The fraction of sp³-hybridized carbons (Fsp3) is 0.600. The molecule has 1 aromatic rings. The minimum Gasteiger partial charge on any atom is -0.490 e. The predicted octanol–water partition coefficient (Wildman–Crippen LogP) is 4.09. The normalized spacial score (nSPS) is 11.4. The molecular weight excluding hydrogens is 212 g/mol. The van der Waals surface area contributed by atoms with Crippen molar-refractivity contribution < 1.29 is 9.47 Å². The molecule has 0 fully saturated rings. The van der Waals surface area contributed by atoms with Crippen LogP contribution in [0.3, 0.4) is 0 Å². The molecule has 17 heavy (non-hydrogen) atoms. The summed E-state index contributed by atoms with van der Waals surface area (Å²) < 4.78 is 11.3. The van der Waals surface area contributed by atoms with Crippen LogP contribution in [0.5, 0.6) is 11.5 Å². The molecule has 0 unspecified atom stereocenters. The average molecular weight is 236 g/mol. The molecule has 2 nitrogen and oxygen atoms in total. The van der Waals surface area contributed by atoms with Crippen molar-refractivity contribution in [1.29, 1.82) is 0 Å². The molecule has 0 saturated carbocycles. The monoisotopic (exact) mass is 236 g/mol. The molecule has 1 rings (SSSR count). The van der Waals surface area contributed by atoms with Crippen LogP contribution in [-0.4, -0.2) is 13.2 Å². The van der Waals surface area contributed by atoms with E-state index in [4.69, 9.17) is 9.47 Å². The quantitative estimate of drug-likeness (QED) is 0.784. The molecule has 0 N–H and O–H groups in total. The van der Waals surface area contributed by atoms with Gasteiger partial charge in [-0.15, -0.1) is 0 Å². The lowest BCUT2D eigenvalue weighted by Gasteiger charge is -2.22. The Kier molecular flexibility index (Phi) is 4.44. The first-order chi connectivity index (χ1) is 7.90. The van der Waals surface area contributed by atoms with Gasteiger partial charge in [-0.3, -0.25) is 0 Å². The van der Waals surface area contributed by atoms with Gasteiger partial charge in [-0.1, -0.05) is 26.8 Å². The Morgan fingerprint density at radius 2 is 1.59 bits per heavy atom. The first-order valence-corrected chi connectivity index (χ1v) is 6.30. The second kappa shape index (κ2) is 5.44. The molecule has 0 aliphatic carbocycles. The first kappa shape index (κ1) is 13.9. The van der Waals surface area contributed by atoms with Crippen LogP contribution in [0.25, 0.3) is 0 Å². The molecule has 1 aromatic carbocycles. The lowest BCUT2D eigenvalue weighted by molar-refractivity contribution is 0.285. The summed E-state index contributed by atoms with van der Waals surface area (Å²) in [6, 6.07) is 4.29. The van der Waals surface area contributed by atoms with Crippen LogP contribution in [0.1, 0.15) is 45.7 Å². The summed E-state index contributed by atoms with van der Waals surface area (Å²) in [6.45, 7) is 14.0. The van der Waals surface area contributed by atoms with Crippen LogP contribution in [0, 0.1) is 6.92 Å². The van der Waals surface area contributed by atoms with Crippen LogP contribution >= 0.6 is 0 Å². The van der Waals surface area contributed by atoms with Crippen molar-refractivity contribution in [3.63, 3.8) is 0 Å². The average Bonchev–Trinajstić information content (AvgIpc) is 2.21. The molecule has 0 bridgehead atoms. The highest BCUT2D eigenvalue weighted by Gasteiger charge is 2.18. The third kappa shape index (κ3) is 3.39. The minimum atomic E-state index is 0.126. The van der Waals surface area contributed by atoms with Crippen LogP contribution in [0.2, 0.25) is 0 Å². The zero-order chi connectivity index (χ0) is 13.1. The second-order valence-corrected chi connectivity index (χ2v) is 5.24. The van der Waals surface area contributed by atoms with Gasteiger partial charge in [0.1, 0.15) is 0 Å². The second-order valence-electron chi connectivity index (χ2n) is 5.24. The van der Waals surface area contributed by atoms with E-state index in [9.17, 15) is 0 Å². The molecule has 2 heteroatoms. The van der Waals surface area contributed by atoms with Gasteiger partial charge in [-0.25, -0.2) is 0 Å². The fourth-order valence-electron chi connectivity index (χ4n) is 1.77. The van der Waals surface area contributed by atoms with E-state index in [1.807, 2.05) is 13.8 Å². The lowest BCUT2D eigenvalue weighted by Crippen LogP contribution is -2.12. The van der Waals surface area contributed by atoms with Crippen molar-refractivity contribution in [1.82, 2.24) is 0 Å². The molecule has 0 amide bonds. The van der Waals surface area contributed by atoms with E-state index in [1.54, 1.807) is 0 Å². The third-order valence-electron chi connectivity index (χ3n) is 2.70. The van der Waals surface area contributed by atoms with Crippen molar-refractivity contribution in [2.75, 3.05) is 13.2 Å². The molecule has 0 aromatic heterocycles. The van der Waals surface area contributed by atoms with Crippen LogP contribution in [0.15, 0.2) is 12.1 Å². The van der Waals surface area contributed by atoms with Crippen molar-refractivity contribution in [3.05, 3.63) is 23.3 Å². The van der Waals surface area contributed by atoms with Crippen molar-refractivity contribution in [3.8, 4) is 11.5 Å². The molecule has 0 spiro atoms. The Balaban J connectivity index is 3.25. The number of hydrogen-bond donors (Lipinski definition) is 0. The fourth-order valence-corrected chi connectivity index (χ4v) is 1.77. The lowest BCUT2D eigenvalue weighted by atomic mass is 9.86. The van der Waals surface area contributed by atoms with Gasteiger partial charge in [0, 0.05) is 0 Å². The van der Waals surface area contributed by atoms with Crippen LogP contribution < -0.4 is 9.47 Å². The Bertz CT molecular complexity index is 375. The maximum atomic E-state index is 5.68. The predicted molar refractivity (Wildman–Crippen MR) is 72.2 cm³/mol. The molecular formula is C15H24O2. The van der Waals surface area contributed by atoms with Crippen molar-refractivity contribution >= 4 is 0 Å². The topological polar surface area (TPSA) is 18.5 Å². The summed E-state index contributed by atoms with van der Waals surface area (Å²) in [5.41, 5.74) is 2.55. The van der Waals surface area contributed by atoms with E-state index >= 15 is 0 Å². The summed E-state index contributed by atoms with van der Waals surface area (Å²) >= 11 is 0. The smallest absolute Gasteiger partial charge is 0.164 e. The Hall–Kier alpha value is -1.18. The number of hydrogen-bond acceptors (Lipinski definition) is 2. The molecule has 0 saturated heterocycles. The van der Waals surface area contributed by atoms with Crippen molar-refractivity contribution in [2.45, 2.75) is 47.0 Å². The number of aryl methyl sites for hydroxylation is 1. The summed E-state index contributed by atoms with van der Waals surface area (Å²) in [7, 11) is 0. The highest BCUT2D eigenvalue weighted by Crippen LogP contribution is 2.36. The first-order valence-electron chi connectivity index (χ1n) is 6.30. The van der Waals surface area contributed by atoms with Gasteiger partial charge in [0.15, 0.2) is 11.5 Å². The standard InChI is InChI=1S/C15H24O2/c1-7-16-13-10-12(15(4,5)6)9-11(3)14(13)17-8-2/h9-10H,7-8H2,1-6H3. The maximum absolute atomic E-state index is 5.68. The van der Waals surface area contributed by atoms with Gasteiger partial charge in [-0.05, 0) is 43.4 Å². The van der Waals surface area contributed by atoms with Gasteiger partial charge >= 0.3 is 0 Å². The molecule has 96 valence electrons. The minimum absolute atomic E-state index is 0.126. The van der Waals surface area contributed by atoms with E-state index in [-0.39, 0.29) is 5.41 Å². The highest BCUT2D eigenvalue weighted by atomic mass is 16.5. The van der Waals surface area contributed by atoms with E-state index in [2.05, 4.69) is 39.8 Å². The molecule has 0 atom stereocenters. The third-order valence-corrected chi connectivity index (χ3v) is 2.70. The number of ether oxygens (including phenoxy) is 2. The van der Waals surface area contributed by atoms with E-state index in [1.165, 1.54) is 5.56 Å². The van der Waals surface area contributed by atoms with Crippen LogP contribution in [0.4, 0.5) is 0 Å². The van der Waals surface area contributed by atoms with Crippen molar-refractivity contribution in [2.24, 2.45) is 0 Å². The summed E-state index contributed by atoms with van der Waals surface area (Å²) in [4.78, 5) is 0. The highest BCUT2D eigenvalue weighted by molar-refractivity contribution is 5.50. The summed E-state index contributed by atoms with van der Waals surface area (Å²) in [5, 5.41) is 0. The van der Waals surface area contributed by atoms with Gasteiger partial charge in [0.2, 0.25) is 0 Å². The van der Waals surface area contributed by atoms with Gasteiger partial charge < -0.3 is 9.47 Å². The van der Waals surface area contributed by atoms with Crippen LogP contribution in [-0.2, 0) is 5.41 Å². The summed E-state index contributed by atoms with van der Waals surface area (Å²) in [6.07, 6.45) is 0. The zero-order valence-electron chi connectivity index (χ0n) is 11.9. The Morgan fingerprint density at radius 3 is 2.06 bits per heavy atom. The van der Waals surface area contributed by atoms with Gasteiger partial charge in [0.25, 0.3) is 0 Å². The molecule has 0 aliphatic heterocycles. The van der Waals surface area contributed by atoms with E-state index in [0.29, 0.717) is 13.2 Å². The van der Waals surface area contributed by atoms with E-state index in [0.717, 1.165) is 17.1 Å². The molecule has 0 aliphatic rings. The Morgan fingerprint density at radius 1 is 1.00 bits per heavy atom. The SMILES string of the molecule is CCOc1cc(C(C)(C)C)cc(C)c1OCC. The van der Waals surface area contributed by atoms with Gasteiger partial charge in [-0.2, -0.15) is 0 Å². The zero-order valence-corrected chi connectivity index (χ0v) is 11.9. The number of benzene rings is 1. The van der Waals surface area contributed by atoms with E-state index < -0.39 is 0 Å². The molecule has 0 radical (unpaired) electrons.